The van der Waals surface area contributed by atoms with Crippen molar-refractivity contribution in [3.63, 3.8) is 0 Å². The van der Waals surface area contributed by atoms with E-state index in [9.17, 15) is 19.2 Å². The van der Waals surface area contributed by atoms with Gasteiger partial charge in [0, 0.05) is 32.2 Å². The Balaban J connectivity index is 1.18. The molecule has 2 aliphatic heterocycles. The molecule has 366 valence electrons. The first kappa shape index (κ1) is 50.7. The van der Waals surface area contributed by atoms with Crippen molar-refractivity contribution in [3.05, 3.63) is 71.3 Å². The second-order valence-electron chi connectivity index (χ2n) is 20.8. The van der Waals surface area contributed by atoms with E-state index in [2.05, 4.69) is 30.8 Å². The van der Waals surface area contributed by atoms with Crippen LogP contribution in [-0.2, 0) is 18.9 Å². The normalized spacial score (nSPS) is 16.4. The fraction of sp³-hybridized carbons (Fsp3) is 0.510. The summed E-state index contributed by atoms with van der Waals surface area (Å²) in [5, 5.41) is 14.0. The summed E-state index contributed by atoms with van der Waals surface area (Å²) in [6, 6.07) is 9.73. The van der Waals surface area contributed by atoms with E-state index < -0.39 is 58.4 Å². The molecule has 3 aromatic rings. The highest BCUT2D eigenvalue weighted by molar-refractivity contribution is 6.00. The van der Waals surface area contributed by atoms with Gasteiger partial charge in [0.15, 0.2) is 11.6 Å². The van der Waals surface area contributed by atoms with E-state index in [1.807, 2.05) is 12.2 Å². The lowest BCUT2D eigenvalue weighted by Gasteiger charge is -2.30. The maximum atomic E-state index is 16.2. The number of aliphatic imine (C=N–C) groups is 2. The summed E-state index contributed by atoms with van der Waals surface area (Å²) >= 11 is 0. The molecule has 0 bridgehead atoms. The number of nitrogens with zero attached hydrogens (tertiary/aromatic N) is 7. The largest absolute Gasteiger partial charge is 0.444 e. The molecule has 0 saturated heterocycles. The van der Waals surface area contributed by atoms with Crippen molar-refractivity contribution in [2.24, 2.45) is 9.98 Å². The quantitative estimate of drug-likeness (QED) is 0.140. The van der Waals surface area contributed by atoms with E-state index >= 15 is 8.78 Å². The van der Waals surface area contributed by atoms with Gasteiger partial charge in [0.2, 0.25) is 11.9 Å². The first-order chi connectivity index (χ1) is 31.6. The molecule has 17 nitrogen and oxygen atoms in total. The first-order valence-corrected chi connectivity index (χ1v) is 22.7. The summed E-state index contributed by atoms with van der Waals surface area (Å²) in [7, 11) is 0. The average molecular weight is 944 g/mol. The molecular formula is C49H63F2N9O8. The van der Waals surface area contributed by atoms with Crippen molar-refractivity contribution in [2.75, 3.05) is 26.2 Å². The Kier molecular flexibility index (Phi) is 14.8. The van der Waals surface area contributed by atoms with Crippen LogP contribution in [0.3, 0.4) is 0 Å². The van der Waals surface area contributed by atoms with Gasteiger partial charge in [0.25, 0.3) is 0 Å². The van der Waals surface area contributed by atoms with Gasteiger partial charge < -0.3 is 33.3 Å². The summed E-state index contributed by atoms with van der Waals surface area (Å²) < 4.78 is 55.7. The Morgan fingerprint density at radius 3 is 1.25 bits per heavy atom. The van der Waals surface area contributed by atoms with Crippen LogP contribution >= 0.6 is 0 Å². The second-order valence-corrected chi connectivity index (χ2v) is 20.8. The number of nitrogens with one attached hydrogen (secondary N) is 2. The zero-order chi connectivity index (χ0) is 49.9. The SMILES string of the molecule is CC(C)(C)OC(=O)N=C(NC(=O)OC(C)(C)C)N1CC=C(c2ccc(-c3nnc(-c4ccc(C5=CCN(C(=NC(=O)OC(C)(C)C)NC(=O)OC(C)(C)C)CC5)cc4F)n3C3CC3)c(F)c2)CC1. The van der Waals surface area contributed by atoms with Crippen LogP contribution in [0.25, 0.3) is 33.9 Å². The molecule has 2 N–H and O–H groups in total. The lowest BCUT2D eigenvalue weighted by molar-refractivity contribution is 0.0536. The standard InChI is InChI=1S/C49H63F2N9O8/c1-46(2,3)65-42(61)52-40(53-43(62)66-47(4,5)6)58-23-19-29(20-24-58)31-13-17-34(36(50)27-31)38-56-57-39(60(38)33-15-16-33)35-18-14-32(28-37(35)51)30-21-25-59(26-22-30)41(54-44(63)67-48(7,8)9)55-45(64)68-49(10,11)12/h13-14,17-19,21,27-28,33H,15-16,20,22-26H2,1-12H3,(H,52,53,61,62)(H,54,55,63,64). The molecule has 0 unspecified atom stereocenters. The molecule has 4 amide bonds. The molecule has 3 aliphatic rings. The maximum absolute atomic E-state index is 16.2. The number of hydrogen-bond acceptors (Lipinski definition) is 10. The number of guanidine groups is 2. The van der Waals surface area contributed by atoms with Crippen LogP contribution in [0.5, 0.6) is 0 Å². The van der Waals surface area contributed by atoms with E-state index in [4.69, 9.17) is 18.9 Å². The number of rotatable bonds is 5. The maximum Gasteiger partial charge on any atom is 0.437 e. The predicted octanol–water partition coefficient (Wildman–Crippen LogP) is 10.0. The van der Waals surface area contributed by atoms with Crippen molar-refractivity contribution in [1.29, 1.82) is 0 Å². The number of amides is 4. The van der Waals surface area contributed by atoms with Crippen molar-refractivity contribution >= 4 is 47.4 Å². The Morgan fingerprint density at radius 2 is 0.956 bits per heavy atom. The molecule has 68 heavy (non-hydrogen) atoms. The van der Waals surface area contributed by atoms with Gasteiger partial charge in [-0.1, -0.05) is 24.3 Å². The van der Waals surface area contributed by atoms with Crippen LogP contribution in [-0.4, -0.2) is 109 Å². The number of hydrogen-bond donors (Lipinski definition) is 2. The summed E-state index contributed by atoms with van der Waals surface area (Å²) in [5.41, 5.74) is 0.222. The van der Waals surface area contributed by atoms with Crippen LogP contribution in [0.15, 0.2) is 58.5 Å². The van der Waals surface area contributed by atoms with Gasteiger partial charge in [-0.25, -0.2) is 28.0 Å². The molecule has 0 atom stereocenters. The number of benzene rings is 2. The van der Waals surface area contributed by atoms with Gasteiger partial charge >= 0.3 is 24.4 Å². The predicted molar refractivity (Wildman–Crippen MR) is 253 cm³/mol. The molecule has 1 fully saturated rings. The Bertz CT molecular complexity index is 2380. The van der Waals surface area contributed by atoms with Gasteiger partial charge in [0.05, 0.1) is 11.1 Å². The molecule has 1 aromatic heterocycles. The van der Waals surface area contributed by atoms with Crippen LogP contribution in [0.1, 0.15) is 126 Å². The van der Waals surface area contributed by atoms with Crippen molar-refractivity contribution in [3.8, 4) is 22.8 Å². The van der Waals surface area contributed by atoms with E-state index in [1.54, 1.807) is 122 Å². The van der Waals surface area contributed by atoms with E-state index in [1.165, 1.54) is 12.1 Å². The topological polar surface area (TPSA) is 191 Å². The molecule has 0 radical (unpaired) electrons. The number of carbonyl (C=O) groups is 4. The van der Waals surface area contributed by atoms with Gasteiger partial charge in [0.1, 0.15) is 34.0 Å². The van der Waals surface area contributed by atoms with Crippen molar-refractivity contribution in [1.82, 2.24) is 35.2 Å². The summed E-state index contributed by atoms with van der Waals surface area (Å²) in [4.78, 5) is 62.2. The Hall–Kier alpha value is -6.66. The highest BCUT2D eigenvalue weighted by Gasteiger charge is 2.33. The fourth-order valence-electron chi connectivity index (χ4n) is 7.26. The molecule has 2 aromatic carbocycles. The zero-order valence-electron chi connectivity index (χ0n) is 41.0. The minimum Gasteiger partial charge on any atom is -0.444 e. The minimum absolute atomic E-state index is 0.0297. The first-order valence-electron chi connectivity index (χ1n) is 22.7. The lowest BCUT2D eigenvalue weighted by Crippen LogP contribution is -2.48. The van der Waals surface area contributed by atoms with E-state index in [-0.39, 0.29) is 53.8 Å². The molecule has 6 rings (SSSR count). The molecule has 19 heteroatoms. The summed E-state index contributed by atoms with van der Waals surface area (Å²) in [6.07, 6.45) is 2.90. The third-order valence-electron chi connectivity index (χ3n) is 10.2. The third kappa shape index (κ3) is 14.2. The van der Waals surface area contributed by atoms with Crippen LogP contribution in [0, 0.1) is 11.6 Å². The van der Waals surface area contributed by atoms with Crippen LogP contribution < -0.4 is 10.6 Å². The highest BCUT2D eigenvalue weighted by atomic mass is 19.1. The molecular weight excluding hydrogens is 881 g/mol. The van der Waals surface area contributed by atoms with Gasteiger partial charge in [-0.05, 0) is 155 Å². The van der Waals surface area contributed by atoms with E-state index in [0.717, 1.165) is 24.0 Å². The van der Waals surface area contributed by atoms with Crippen molar-refractivity contribution < 1.29 is 46.9 Å². The summed E-state index contributed by atoms with van der Waals surface area (Å²) in [5.74, 6) is -0.543. The number of ether oxygens (including phenoxy) is 4. The average Bonchev–Trinajstić information content (AvgIpc) is 3.95. The van der Waals surface area contributed by atoms with Crippen LogP contribution in [0.4, 0.5) is 28.0 Å². The van der Waals surface area contributed by atoms with E-state index in [0.29, 0.717) is 37.1 Å². The number of carbonyl (C=O) groups excluding carboxylic acids is 4. The second kappa shape index (κ2) is 19.9. The highest BCUT2D eigenvalue weighted by Crippen LogP contribution is 2.43. The molecule has 3 heterocycles. The van der Waals surface area contributed by atoms with Gasteiger partial charge in [-0.15, -0.1) is 20.2 Å². The molecule has 0 spiro atoms. The lowest BCUT2D eigenvalue weighted by atomic mass is 9.97. The zero-order valence-corrected chi connectivity index (χ0v) is 41.0. The van der Waals surface area contributed by atoms with Gasteiger partial charge in [-0.2, -0.15) is 0 Å². The smallest absolute Gasteiger partial charge is 0.437 e. The summed E-state index contributed by atoms with van der Waals surface area (Å²) in [6.45, 7) is 21.8. The Morgan fingerprint density at radius 1 is 0.588 bits per heavy atom. The van der Waals surface area contributed by atoms with Gasteiger partial charge in [-0.3, -0.25) is 10.6 Å². The van der Waals surface area contributed by atoms with Crippen LogP contribution in [0.2, 0.25) is 0 Å². The molecule has 1 saturated carbocycles. The van der Waals surface area contributed by atoms with Crippen molar-refractivity contribution in [2.45, 2.75) is 137 Å². The fourth-order valence-corrected chi connectivity index (χ4v) is 7.26. The monoisotopic (exact) mass is 943 g/mol. The molecule has 1 aliphatic carbocycles. The number of alkyl carbamates (subject to hydrolysis) is 2. The minimum atomic E-state index is -0.875. The number of aromatic nitrogens is 3. The number of halogens is 2. The third-order valence-corrected chi connectivity index (χ3v) is 10.2. The Labute approximate surface area is 396 Å².